The van der Waals surface area contributed by atoms with E-state index in [1.54, 1.807) is 6.92 Å². The molecule has 6 heteroatoms. The molecule has 0 aliphatic heterocycles. The molecule has 0 aliphatic carbocycles. The molecule has 2 rings (SSSR count). The van der Waals surface area contributed by atoms with Gasteiger partial charge in [-0.25, -0.2) is 4.79 Å². The van der Waals surface area contributed by atoms with Crippen molar-refractivity contribution in [3.8, 4) is 11.5 Å². The summed E-state index contributed by atoms with van der Waals surface area (Å²) >= 11 is 0. The molecule has 0 heterocycles. The summed E-state index contributed by atoms with van der Waals surface area (Å²) in [7, 11) is 0. The number of benzene rings is 2. The Kier molecular flexibility index (Phi) is 9.58. The number of azo groups is 1. The quantitative estimate of drug-likeness (QED) is 0.175. The maximum Gasteiger partial charge on any atom is 0.333 e. The lowest BCUT2D eigenvalue weighted by atomic mass is 10.2. The number of esters is 1. The highest BCUT2D eigenvalue weighted by Crippen LogP contribution is 2.23. The molecule has 2 aromatic carbocycles. The Morgan fingerprint density at radius 3 is 1.87 bits per heavy atom. The van der Waals surface area contributed by atoms with Crippen molar-refractivity contribution in [3.63, 3.8) is 0 Å². The fraction of sp³-hybridized carbons (Fsp3) is 0.375. The fourth-order valence-electron chi connectivity index (χ4n) is 2.28. The molecule has 0 amide bonds. The third kappa shape index (κ3) is 8.90. The third-order valence-corrected chi connectivity index (χ3v) is 3.93. The van der Waals surface area contributed by atoms with Crippen molar-refractivity contribution in [2.75, 3.05) is 19.8 Å². The lowest BCUT2D eigenvalue weighted by molar-refractivity contribution is -0.139. The second-order valence-electron chi connectivity index (χ2n) is 7.36. The van der Waals surface area contributed by atoms with Gasteiger partial charge in [0.25, 0.3) is 0 Å². The molecule has 0 bridgehead atoms. The Bertz CT molecular complexity index is 827. The lowest BCUT2D eigenvalue weighted by Gasteiger charge is -2.08. The van der Waals surface area contributed by atoms with Crippen molar-refractivity contribution in [3.05, 3.63) is 60.7 Å². The first-order valence-corrected chi connectivity index (χ1v) is 10.1. The minimum Gasteiger partial charge on any atom is -0.494 e. The van der Waals surface area contributed by atoms with Crippen molar-refractivity contribution in [1.82, 2.24) is 0 Å². The minimum absolute atomic E-state index is 0.351. The molecular weight excluding hydrogens is 380 g/mol. The maximum absolute atomic E-state index is 11.3. The normalized spacial score (nSPS) is 10.9. The Hall–Kier alpha value is -3.15. The summed E-state index contributed by atoms with van der Waals surface area (Å²) in [6, 6.07) is 15.0. The van der Waals surface area contributed by atoms with Gasteiger partial charge in [0.2, 0.25) is 0 Å². The SMILES string of the molecule is C=C(C)C(=O)OCCCCOc1ccc(N=Nc2ccc(OCC(C)C)cc2)cc1. The van der Waals surface area contributed by atoms with E-state index in [1.807, 2.05) is 48.5 Å². The molecule has 0 aliphatic rings. The first-order valence-electron chi connectivity index (χ1n) is 10.1. The van der Waals surface area contributed by atoms with E-state index in [-0.39, 0.29) is 5.97 Å². The van der Waals surface area contributed by atoms with Crippen LogP contribution >= 0.6 is 0 Å². The first kappa shape index (κ1) is 23.1. The summed E-state index contributed by atoms with van der Waals surface area (Å²) in [5.74, 6) is 1.73. The summed E-state index contributed by atoms with van der Waals surface area (Å²) < 4.78 is 16.4. The van der Waals surface area contributed by atoms with E-state index in [0.29, 0.717) is 31.3 Å². The average molecular weight is 411 g/mol. The molecule has 0 spiro atoms. The molecule has 0 atom stereocenters. The number of carbonyl (C=O) groups excluding carboxylic acids is 1. The Balaban J connectivity index is 1.71. The molecule has 0 aromatic heterocycles. The molecule has 0 saturated heterocycles. The van der Waals surface area contributed by atoms with E-state index in [4.69, 9.17) is 14.2 Å². The summed E-state index contributed by atoms with van der Waals surface area (Å²) in [6.07, 6.45) is 1.54. The summed E-state index contributed by atoms with van der Waals surface area (Å²) in [5, 5.41) is 8.49. The van der Waals surface area contributed by atoms with Crippen molar-refractivity contribution >= 4 is 17.3 Å². The van der Waals surface area contributed by atoms with Crippen LogP contribution in [0.3, 0.4) is 0 Å². The molecule has 0 unspecified atom stereocenters. The number of nitrogens with zero attached hydrogens (tertiary/aromatic N) is 2. The monoisotopic (exact) mass is 410 g/mol. The van der Waals surface area contributed by atoms with Crippen molar-refractivity contribution < 1.29 is 19.0 Å². The van der Waals surface area contributed by atoms with Gasteiger partial charge in [-0.05, 0) is 74.2 Å². The molecule has 30 heavy (non-hydrogen) atoms. The highest BCUT2D eigenvalue weighted by atomic mass is 16.5. The minimum atomic E-state index is -0.351. The summed E-state index contributed by atoms with van der Waals surface area (Å²) in [4.78, 5) is 11.3. The second-order valence-corrected chi connectivity index (χ2v) is 7.36. The van der Waals surface area contributed by atoms with Gasteiger partial charge < -0.3 is 14.2 Å². The Morgan fingerprint density at radius 1 is 0.867 bits per heavy atom. The van der Waals surface area contributed by atoms with Gasteiger partial charge in [-0.1, -0.05) is 20.4 Å². The lowest BCUT2D eigenvalue weighted by Crippen LogP contribution is -2.07. The molecule has 0 saturated carbocycles. The van der Waals surface area contributed by atoms with Crippen molar-refractivity contribution in [1.29, 1.82) is 0 Å². The number of unbranched alkanes of at least 4 members (excludes halogenated alkanes) is 1. The Morgan fingerprint density at radius 2 is 1.37 bits per heavy atom. The van der Waals surface area contributed by atoms with Gasteiger partial charge >= 0.3 is 5.97 Å². The predicted octanol–water partition coefficient (Wildman–Crippen LogP) is 6.42. The van der Waals surface area contributed by atoms with Crippen LogP contribution in [0.4, 0.5) is 11.4 Å². The van der Waals surface area contributed by atoms with E-state index >= 15 is 0 Å². The van der Waals surface area contributed by atoms with Crippen LogP contribution in [0.2, 0.25) is 0 Å². The summed E-state index contributed by atoms with van der Waals surface area (Å²) in [5.41, 5.74) is 1.92. The van der Waals surface area contributed by atoms with Crippen LogP contribution in [0.25, 0.3) is 0 Å². The smallest absolute Gasteiger partial charge is 0.333 e. The number of hydrogen-bond acceptors (Lipinski definition) is 6. The van der Waals surface area contributed by atoms with E-state index in [2.05, 4.69) is 30.7 Å². The molecule has 0 N–H and O–H groups in total. The van der Waals surface area contributed by atoms with Gasteiger partial charge in [0.1, 0.15) is 11.5 Å². The van der Waals surface area contributed by atoms with Gasteiger partial charge in [0, 0.05) is 5.57 Å². The van der Waals surface area contributed by atoms with E-state index in [9.17, 15) is 4.79 Å². The fourth-order valence-corrected chi connectivity index (χ4v) is 2.28. The molecule has 6 nitrogen and oxygen atoms in total. The zero-order valence-electron chi connectivity index (χ0n) is 18.0. The summed E-state index contributed by atoms with van der Waals surface area (Å²) in [6.45, 7) is 11.0. The van der Waals surface area contributed by atoms with Gasteiger partial charge in [0.15, 0.2) is 0 Å². The highest BCUT2D eigenvalue weighted by molar-refractivity contribution is 5.86. The van der Waals surface area contributed by atoms with Crippen molar-refractivity contribution in [2.24, 2.45) is 16.1 Å². The number of ether oxygens (including phenoxy) is 3. The molecular formula is C24H30N2O4. The first-order chi connectivity index (χ1) is 14.4. The van der Waals surface area contributed by atoms with E-state index in [0.717, 1.165) is 35.7 Å². The van der Waals surface area contributed by atoms with Gasteiger partial charge in [0.05, 0.1) is 31.2 Å². The average Bonchev–Trinajstić information content (AvgIpc) is 2.74. The van der Waals surface area contributed by atoms with Crippen LogP contribution in [-0.4, -0.2) is 25.8 Å². The van der Waals surface area contributed by atoms with Gasteiger partial charge in [-0.2, -0.15) is 10.2 Å². The zero-order chi connectivity index (χ0) is 21.8. The van der Waals surface area contributed by atoms with Crippen LogP contribution in [0.15, 0.2) is 70.9 Å². The molecule has 0 fully saturated rings. The van der Waals surface area contributed by atoms with Crippen LogP contribution in [0.1, 0.15) is 33.6 Å². The van der Waals surface area contributed by atoms with Gasteiger partial charge in [-0.3, -0.25) is 0 Å². The Labute approximate surface area is 178 Å². The standard InChI is InChI=1S/C24H30N2O4/c1-18(2)17-30-23-13-9-21(10-14-23)26-25-20-7-11-22(12-8-20)28-15-5-6-16-29-24(27)19(3)4/h7-14,18H,3,5-6,15-17H2,1-2,4H3. The van der Waals surface area contributed by atoms with Crippen LogP contribution in [0, 0.1) is 5.92 Å². The molecule has 2 aromatic rings. The zero-order valence-corrected chi connectivity index (χ0v) is 18.0. The van der Waals surface area contributed by atoms with Crippen molar-refractivity contribution in [2.45, 2.75) is 33.6 Å². The largest absolute Gasteiger partial charge is 0.494 e. The third-order valence-electron chi connectivity index (χ3n) is 3.93. The topological polar surface area (TPSA) is 69.5 Å². The molecule has 160 valence electrons. The van der Waals surface area contributed by atoms with E-state index < -0.39 is 0 Å². The predicted molar refractivity (Wildman–Crippen MR) is 118 cm³/mol. The molecule has 0 radical (unpaired) electrons. The second kappa shape index (κ2) is 12.4. The van der Waals surface area contributed by atoms with E-state index in [1.165, 1.54) is 0 Å². The van der Waals surface area contributed by atoms with Crippen LogP contribution in [-0.2, 0) is 9.53 Å². The highest BCUT2D eigenvalue weighted by Gasteiger charge is 2.02. The number of rotatable bonds is 12. The maximum atomic E-state index is 11.3. The van der Waals surface area contributed by atoms with Crippen LogP contribution in [0.5, 0.6) is 11.5 Å². The van der Waals surface area contributed by atoms with Gasteiger partial charge in [-0.15, -0.1) is 0 Å². The number of carbonyl (C=O) groups is 1. The number of hydrogen-bond donors (Lipinski definition) is 0. The van der Waals surface area contributed by atoms with Crippen LogP contribution < -0.4 is 9.47 Å².